The van der Waals surface area contributed by atoms with Crippen LogP contribution in [0.1, 0.15) is 31.0 Å². The maximum absolute atomic E-state index is 12.1. The lowest BCUT2D eigenvalue weighted by molar-refractivity contribution is 0.234. The van der Waals surface area contributed by atoms with Gasteiger partial charge in [0.15, 0.2) is 0 Å². The Labute approximate surface area is 141 Å². The van der Waals surface area contributed by atoms with Gasteiger partial charge in [-0.25, -0.2) is 4.79 Å². The van der Waals surface area contributed by atoms with E-state index in [-0.39, 0.29) is 23.9 Å². The zero-order valence-electron chi connectivity index (χ0n) is 13.2. The molecule has 2 amide bonds. The lowest BCUT2D eigenvalue weighted by Crippen LogP contribution is -2.42. The Hall–Kier alpha value is -2.20. The third-order valence-corrected chi connectivity index (χ3v) is 3.92. The largest absolute Gasteiger partial charge is 0.508 e. The summed E-state index contributed by atoms with van der Waals surface area (Å²) in [5, 5.41) is 15.7. The highest BCUT2D eigenvalue weighted by Crippen LogP contribution is 2.21. The van der Waals surface area contributed by atoms with Crippen LogP contribution in [0.25, 0.3) is 0 Å². The molecule has 0 heterocycles. The summed E-state index contributed by atoms with van der Waals surface area (Å²) in [7, 11) is 0. The number of phenolic OH excluding ortho intramolecular Hbond substituents is 1. The van der Waals surface area contributed by atoms with E-state index in [0.29, 0.717) is 11.4 Å². The molecule has 0 radical (unpaired) electrons. The Morgan fingerprint density at radius 2 is 1.74 bits per heavy atom. The van der Waals surface area contributed by atoms with Crippen LogP contribution in [0.4, 0.5) is 4.79 Å². The van der Waals surface area contributed by atoms with Gasteiger partial charge in [-0.1, -0.05) is 41.9 Å². The fraction of sp³-hybridized carbons (Fsp3) is 0.278. The number of hydrogen-bond acceptors (Lipinski definition) is 2. The summed E-state index contributed by atoms with van der Waals surface area (Å²) in [4.78, 5) is 12.1. The van der Waals surface area contributed by atoms with Crippen molar-refractivity contribution in [2.45, 2.75) is 32.4 Å². The van der Waals surface area contributed by atoms with Crippen molar-refractivity contribution in [3.8, 4) is 5.75 Å². The number of urea groups is 1. The SMILES string of the molecule is CC(Cc1ccc(O)cc1)NC(=O)NC(C)c1ccccc1Cl. The predicted molar refractivity (Wildman–Crippen MR) is 92.8 cm³/mol. The van der Waals surface area contributed by atoms with E-state index in [1.807, 2.05) is 44.2 Å². The van der Waals surface area contributed by atoms with Crippen LogP contribution in [0.15, 0.2) is 48.5 Å². The molecule has 0 aliphatic heterocycles. The second-order valence-electron chi connectivity index (χ2n) is 5.63. The second-order valence-corrected chi connectivity index (χ2v) is 6.04. The number of carbonyl (C=O) groups excluding carboxylic acids is 1. The van der Waals surface area contributed by atoms with Gasteiger partial charge in [-0.2, -0.15) is 0 Å². The van der Waals surface area contributed by atoms with Crippen LogP contribution >= 0.6 is 11.6 Å². The highest BCUT2D eigenvalue weighted by molar-refractivity contribution is 6.31. The number of phenols is 1. The zero-order chi connectivity index (χ0) is 16.8. The molecule has 0 saturated heterocycles. The molecule has 4 nitrogen and oxygen atoms in total. The van der Waals surface area contributed by atoms with E-state index in [1.165, 1.54) is 0 Å². The topological polar surface area (TPSA) is 61.4 Å². The number of nitrogens with one attached hydrogen (secondary N) is 2. The van der Waals surface area contributed by atoms with E-state index in [0.717, 1.165) is 11.1 Å². The molecule has 0 aromatic heterocycles. The number of carbonyl (C=O) groups is 1. The molecule has 2 aromatic rings. The molecule has 122 valence electrons. The first-order valence-electron chi connectivity index (χ1n) is 7.55. The third kappa shape index (κ3) is 5.18. The van der Waals surface area contributed by atoms with Gasteiger partial charge in [-0.05, 0) is 49.6 Å². The number of amides is 2. The average molecular weight is 333 g/mol. The van der Waals surface area contributed by atoms with Crippen LogP contribution < -0.4 is 10.6 Å². The van der Waals surface area contributed by atoms with Gasteiger partial charge in [0.1, 0.15) is 5.75 Å². The molecule has 0 bridgehead atoms. The number of rotatable bonds is 5. The van der Waals surface area contributed by atoms with E-state index in [9.17, 15) is 9.90 Å². The van der Waals surface area contributed by atoms with E-state index in [1.54, 1.807) is 18.2 Å². The lowest BCUT2D eigenvalue weighted by Gasteiger charge is -2.19. The van der Waals surface area contributed by atoms with Crippen molar-refractivity contribution in [2.24, 2.45) is 0 Å². The minimum Gasteiger partial charge on any atom is -0.508 e. The number of hydrogen-bond donors (Lipinski definition) is 3. The molecule has 3 N–H and O–H groups in total. The molecule has 5 heteroatoms. The maximum Gasteiger partial charge on any atom is 0.315 e. The molecule has 2 aromatic carbocycles. The predicted octanol–water partition coefficient (Wildman–Crippen LogP) is 4.04. The number of benzene rings is 2. The molecule has 0 aliphatic carbocycles. The van der Waals surface area contributed by atoms with E-state index in [4.69, 9.17) is 11.6 Å². The van der Waals surface area contributed by atoms with Gasteiger partial charge in [0.25, 0.3) is 0 Å². The van der Waals surface area contributed by atoms with Crippen molar-refractivity contribution in [3.05, 3.63) is 64.7 Å². The standard InChI is InChI=1S/C18H21ClN2O2/c1-12(11-14-7-9-15(22)10-8-14)20-18(23)21-13(2)16-5-3-4-6-17(16)19/h3-10,12-13,22H,11H2,1-2H3,(H2,20,21,23). The van der Waals surface area contributed by atoms with Crippen molar-refractivity contribution in [3.63, 3.8) is 0 Å². The van der Waals surface area contributed by atoms with Gasteiger partial charge in [0, 0.05) is 11.1 Å². The summed E-state index contributed by atoms with van der Waals surface area (Å²) >= 11 is 6.14. The fourth-order valence-corrected chi connectivity index (χ4v) is 2.70. The molecule has 2 rings (SSSR count). The fourth-order valence-electron chi connectivity index (χ4n) is 2.40. The van der Waals surface area contributed by atoms with Crippen LogP contribution in [0.5, 0.6) is 5.75 Å². The smallest absolute Gasteiger partial charge is 0.315 e. The van der Waals surface area contributed by atoms with Gasteiger partial charge >= 0.3 is 6.03 Å². The number of halogens is 1. The van der Waals surface area contributed by atoms with Crippen molar-refractivity contribution in [2.75, 3.05) is 0 Å². The van der Waals surface area contributed by atoms with Crippen molar-refractivity contribution in [1.29, 1.82) is 0 Å². The first-order chi connectivity index (χ1) is 11.0. The Balaban J connectivity index is 1.86. The molecule has 2 atom stereocenters. The summed E-state index contributed by atoms with van der Waals surface area (Å²) in [6, 6.07) is 14.0. The summed E-state index contributed by atoms with van der Waals surface area (Å²) in [6.45, 7) is 3.83. The first kappa shape index (κ1) is 17.2. The molecular formula is C18H21ClN2O2. The third-order valence-electron chi connectivity index (χ3n) is 3.58. The van der Waals surface area contributed by atoms with Gasteiger partial charge in [-0.15, -0.1) is 0 Å². The monoisotopic (exact) mass is 332 g/mol. The van der Waals surface area contributed by atoms with Crippen LogP contribution in [0.2, 0.25) is 5.02 Å². The van der Waals surface area contributed by atoms with E-state index < -0.39 is 0 Å². The van der Waals surface area contributed by atoms with Gasteiger partial charge in [0.05, 0.1) is 6.04 Å². The molecule has 23 heavy (non-hydrogen) atoms. The maximum atomic E-state index is 12.1. The zero-order valence-corrected chi connectivity index (χ0v) is 14.0. The van der Waals surface area contributed by atoms with Crippen molar-refractivity contribution >= 4 is 17.6 Å². The summed E-state index contributed by atoms with van der Waals surface area (Å²) in [5.41, 5.74) is 1.94. The van der Waals surface area contributed by atoms with Gasteiger partial charge in [-0.3, -0.25) is 0 Å². The van der Waals surface area contributed by atoms with Crippen LogP contribution in [-0.2, 0) is 6.42 Å². The Kier molecular flexibility index (Phi) is 5.88. The molecule has 2 unspecified atom stereocenters. The summed E-state index contributed by atoms with van der Waals surface area (Å²) < 4.78 is 0. The molecule has 0 fully saturated rings. The van der Waals surface area contributed by atoms with Crippen LogP contribution in [-0.4, -0.2) is 17.2 Å². The lowest BCUT2D eigenvalue weighted by atomic mass is 10.1. The second kappa shape index (κ2) is 7.88. The van der Waals surface area contributed by atoms with E-state index in [2.05, 4.69) is 10.6 Å². The highest BCUT2D eigenvalue weighted by Gasteiger charge is 2.14. The molecule has 0 aliphatic rings. The van der Waals surface area contributed by atoms with Crippen molar-refractivity contribution < 1.29 is 9.90 Å². The first-order valence-corrected chi connectivity index (χ1v) is 7.93. The Morgan fingerprint density at radius 1 is 1.09 bits per heavy atom. The van der Waals surface area contributed by atoms with Crippen LogP contribution in [0, 0.1) is 0 Å². The summed E-state index contributed by atoms with van der Waals surface area (Å²) in [6.07, 6.45) is 0.689. The number of aromatic hydroxyl groups is 1. The van der Waals surface area contributed by atoms with Crippen LogP contribution in [0.3, 0.4) is 0 Å². The highest BCUT2D eigenvalue weighted by atomic mass is 35.5. The van der Waals surface area contributed by atoms with Gasteiger partial charge in [0.2, 0.25) is 0 Å². The quantitative estimate of drug-likeness (QED) is 0.774. The Morgan fingerprint density at radius 3 is 2.39 bits per heavy atom. The minimum atomic E-state index is -0.233. The van der Waals surface area contributed by atoms with Crippen molar-refractivity contribution in [1.82, 2.24) is 10.6 Å². The Bertz CT molecular complexity index is 658. The molecule has 0 spiro atoms. The molecular weight excluding hydrogens is 312 g/mol. The normalized spacial score (nSPS) is 13.2. The average Bonchev–Trinajstić information content (AvgIpc) is 2.49. The minimum absolute atomic E-state index is 0.0296. The molecule has 0 saturated carbocycles. The van der Waals surface area contributed by atoms with Gasteiger partial charge < -0.3 is 15.7 Å². The summed E-state index contributed by atoms with van der Waals surface area (Å²) in [5.74, 6) is 0.237. The van der Waals surface area contributed by atoms with E-state index >= 15 is 0 Å².